The van der Waals surface area contributed by atoms with Crippen LogP contribution in [0.15, 0.2) is 29.3 Å². The number of hydrogen-bond acceptors (Lipinski definition) is 6. The zero-order valence-corrected chi connectivity index (χ0v) is 22.1. The average molecular weight is 569 g/mol. The number of benzene rings is 1. The molecule has 0 amide bonds. The minimum atomic E-state index is 0. The van der Waals surface area contributed by atoms with E-state index in [1.807, 2.05) is 30.7 Å². The number of nitrogens with zero attached hydrogens (tertiary/aromatic N) is 5. The highest BCUT2D eigenvalue weighted by Gasteiger charge is 2.24. The minimum absolute atomic E-state index is 0. The van der Waals surface area contributed by atoms with Crippen molar-refractivity contribution in [3.63, 3.8) is 0 Å². The van der Waals surface area contributed by atoms with Crippen molar-refractivity contribution in [2.75, 3.05) is 40.0 Å². The van der Waals surface area contributed by atoms with Crippen molar-refractivity contribution in [1.82, 2.24) is 30.3 Å². The van der Waals surface area contributed by atoms with Crippen LogP contribution in [0.4, 0.5) is 0 Å². The number of halogens is 1. The SMILES string of the molecule is COCCN1CCC(NC(=NCc2nnc(C)n2C)NC2CCOc3ccccc32)CC1.I. The number of likely N-dealkylation sites (tertiary alicyclic amines) is 1. The lowest BCUT2D eigenvalue weighted by molar-refractivity contribution is 0.128. The molecule has 9 nitrogen and oxygen atoms in total. The maximum atomic E-state index is 5.84. The summed E-state index contributed by atoms with van der Waals surface area (Å²) in [5.74, 6) is 3.51. The first kappa shape index (κ1) is 25.7. The van der Waals surface area contributed by atoms with Gasteiger partial charge in [0, 0.05) is 51.8 Å². The topological polar surface area (TPSA) is 88.8 Å². The lowest BCUT2D eigenvalue weighted by Crippen LogP contribution is -2.50. The number of nitrogens with one attached hydrogen (secondary N) is 2. The summed E-state index contributed by atoms with van der Waals surface area (Å²) < 4.78 is 13.0. The number of para-hydroxylation sites is 1. The second-order valence-corrected chi connectivity index (χ2v) is 8.51. The molecule has 2 N–H and O–H groups in total. The van der Waals surface area contributed by atoms with Gasteiger partial charge in [-0.15, -0.1) is 34.2 Å². The van der Waals surface area contributed by atoms with Gasteiger partial charge in [0.15, 0.2) is 11.8 Å². The molecule has 1 saturated heterocycles. The zero-order chi connectivity index (χ0) is 22.3. The summed E-state index contributed by atoms with van der Waals surface area (Å²) in [6, 6.07) is 8.79. The van der Waals surface area contributed by atoms with Crippen molar-refractivity contribution in [2.24, 2.45) is 12.0 Å². The van der Waals surface area contributed by atoms with Crippen molar-refractivity contribution < 1.29 is 9.47 Å². The first-order chi connectivity index (χ1) is 15.6. The van der Waals surface area contributed by atoms with E-state index in [1.165, 1.54) is 5.56 Å². The fourth-order valence-electron chi connectivity index (χ4n) is 4.24. The zero-order valence-electron chi connectivity index (χ0n) is 19.8. The predicted octanol–water partition coefficient (Wildman–Crippen LogP) is 2.41. The van der Waals surface area contributed by atoms with Gasteiger partial charge in [0.2, 0.25) is 0 Å². The fourth-order valence-corrected chi connectivity index (χ4v) is 4.24. The van der Waals surface area contributed by atoms with E-state index in [9.17, 15) is 0 Å². The molecule has 1 fully saturated rings. The predicted molar refractivity (Wildman–Crippen MR) is 139 cm³/mol. The van der Waals surface area contributed by atoms with Crippen LogP contribution in [0.3, 0.4) is 0 Å². The van der Waals surface area contributed by atoms with Gasteiger partial charge in [-0.25, -0.2) is 4.99 Å². The third-order valence-electron chi connectivity index (χ3n) is 6.37. The Balaban J connectivity index is 0.00000306. The second-order valence-electron chi connectivity index (χ2n) is 8.51. The van der Waals surface area contributed by atoms with Crippen molar-refractivity contribution in [3.8, 4) is 5.75 Å². The Morgan fingerprint density at radius 3 is 2.70 bits per heavy atom. The van der Waals surface area contributed by atoms with Crippen molar-refractivity contribution >= 4 is 29.9 Å². The molecule has 10 heteroatoms. The number of guanidine groups is 1. The standard InChI is InChI=1S/C23H35N7O2.HI/c1-17-27-28-22(29(17)2)16-24-23(25-18-8-11-30(12-9-18)13-15-31-3)26-20-10-14-32-21-7-5-4-6-19(20)21;/h4-7,18,20H,8-16H2,1-3H3,(H2,24,25,26);1H. The van der Waals surface area contributed by atoms with E-state index < -0.39 is 0 Å². The van der Waals surface area contributed by atoms with Gasteiger partial charge in [0.05, 0.1) is 19.3 Å². The Bertz CT molecular complexity index is 912. The molecule has 0 bridgehead atoms. The molecule has 1 unspecified atom stereocenters. The molecule has 1 atom stereocenters. The van der Waals surface area contributed by atoms with Gasteiger partial charge in [0.25, 0.3) is 0 Å². The highest BCUT2D eigenvalue weighted by atomic mass is 127. The Labute approximate surface area is 213 Å². The lowest BCUT2D eigenvalue weighted by Gasteiger charge is -2.34. The van der Waals surface area contributed by atoms with Gasteiger partial charge in [0.1, 0.15) is 18.1 Å². The number of aromatic nitrogens is 3. The third kappa shape index (κ3) is 6.80. The molecule has 0 saturated carbocycles. The Kier molecular flexibility index (Phi) is 9.75. The summed E-state index contributed by atoms with van der Waals surface area (Å²) in [6.45, 7) is 7.04. The van der Waals surface area contributed by atoms with Crippen LogP contribution in [0, 0.1) is 6.92 Å². The summed E-state index contributed by atoms with van der Waals surface area (Å²) >= 11 is 0. The number of methoxy groups -OCH3 is 1. The van der Waals surface area contributed by atoms with Gasteiger partial charge in [-0.1, -0.05) is 18.2 Å². The number of piperidine rings is 1. The van der Waals surface area contributed by atoms with E-state index in [1.54, 1.807) is 7.11 Å². The molecular weight excluding hydrogens is 533 g/mol. The molecule has 1 aromatic carbocycles. The van der Waals surface area contributed by atoms with E-state index in [-0.39, 0.29) is 30.0 Å². The molecule has 33 heavy (non-hydrogen) atoms. The maximum Gasteiger partial charge on any atom is 0.192 e. The lowest BCUT2D eigenvalue weighted by atomic mass is 10.0. The van der Waals surface area contributed by atoms with Gasteiger partial charge < -0.3 is 29.6 Å². The molecule has 0 radical (unpaired) electrons. The van der Waals surface area contributed by atoms with Crippen LogP contribution in [-0.4, -0.2) is 71.6 Å². The number of aryl methyl sites for hydroxylation is 1. The van der Waals surface area contributed by atoms with Crippen molar-refractivity contribution in [1.29, 1.82) is 0 Å². The van der Waals surface area contributed by atoms with Gasteiger partial charge in [-0.3, -0.25) is 0 Å². The van der Waals surface area contributed by atoms with E-state index in [0.717, 1.165) is 68.9 Å². The molecule has 4 rings (SSSR count). The highest BCUT2D eigenvalue weighted by molar-refractivity contribution is 14.0. The number of rotatable bonds is 7. The minimum Gasteiger partial charge on any atom is -0.493 e. The van der Waals surface area contributed by atoms with Crippen LogP contribution in [0.1, 0.15) is 42.5 Å². The summed E-state index contributed by atoms with van der Waals surface area (Å²) in [7, 11) is 3.74. The molecule has 0 spiro atoms. The first-order valence-corrected chi connectivity index (χ1v) is 11.5. The van der Waals surface area contributed by atoms with E-state index in [0.29, 0.717) is 19.2 Å². The van der Waals surface area contributed by atoms with Gasteiger partial charge in [-0.2, -0.15) is 0 Å². The normalized spacial score (nSPS) is 19.4. The second kappa shape index (κ2) is 12.5. The highest BCUT2D eigenvalue weighted by Crippen LogP contribution is 2.31. The summed E-state index contributed by atoms with van der Waals surface area (Å²) in [5, 5.41) is 15.8. The smallest absolute Gasteiger partial charge is 0.192 e. The quantitative estimate of drug-likeness (QED) is 0.301. The van der Waals surface area contributed by atoms with Crippen LogP contribution in [0.25, 0.3) is 0 Å². The fraction of sp³-hybridized carbons (Fsp3) is 0.609. The molecule has 0 aliphatic carbocycles. The molecule has 182 valence electrons. The molecule has 2 aliphatic rings. The van der Waals surface area contributed by atoms with E-state index in [4.69, 9.17) is 14.5 Å². The number of hydrogen-bond donors (Lipinski definition) is 2. The monoisotopic (exact) mass is 569 g/mol. The average Bonchev–Trinajstić information content (AvgIpc) is 3.14. The summed E-state index contributed by atoms with van der Waals surface area (Å²) in [6.07, 6.45) is 3.06. The van der Waals surface area contributed by atoms with Crippen LogP contribution in [0.5, 0.6) is 5.75 Å². The van der Waals surface area contributed by atoms with Crippen LogP contribution < -0.4 is 15.4 Å². The Hall–Kier alpha value is -1.92. The van der Waals surface area contributed by atoms with Crippen LogP contribution in [0.2, 0.25) is 0 Å². The number of aliphatic imine (C=N–C) groups is 1. The van der Waals surface area contributed by atoms with Crippen LogP contribution in [-0.2, 0) is 18.3 Å². The Morgan fingerprint density at radius 2 is 1.97 bits per heavy atom. The van der Waals surface area contributed by atoms with Crippen molar-refractivity contribution in [2.45, 2.75) is 44.8 Å². The van der Waals surface area contributed by atoms with Crippen LogP contribution >= 0.6 is 24.0 Å². The third-order valence-corrected chi connectivity index (χ3v) is 6.37. The van der Waals surface area contributed by atoms with Gasteiger partial charge >= 0.3 is 0 Å². The molecule has 1 aromatic heterocycles. The molecule has 2 aromatic rings. The first-order valence-electron chi connectivity index (χ1n) is 11.5. The molecule has 3 heterocycles. The van der Waals surface area contributed by atoms with Gasteiger partial charge in [-0.05, 0) is 25.8 Å². The molecular formula is C23H36IN7O2. The molecule has 2 aliphatic heterocycles. The summed E-state index contributed by atoms with van der Waals surface area (Å²) in [5.41, 5.74) is 1.18. The Morgan fingerprint density at radius 1 is 1.18 bits per heavy atom. The summed E-state index contributed by atoms with van der Waals surface area (Å²) in [4.78, 5) is 7.36. The van der Waals surface area contributed by atoms with E-state index in [2.05, 4.69) is 37.9 Å². The number of ether oxygens (including phenoxy) is 2. The van der Waals surface area contributed by atoms with Crippen molar-refractivity contribution in [3.05, 3.63) is 41.5 Å². The van der Waals surface area contributed by atoms with E-state index >= 15 is 0 Å². The number of fused-ring (bicyclic) bond motifs is 1. The maximum absolute atomic E-state index is 5.84. The largest absolute Gasteiger partial charge is 0.493 e.